The summed E-state index contributed by atoms with van der Waals surface area (Å²) in [7, 11) is 0. The number of benzene rings is 1. The van der Waals surface area contributed by atoms with Crippen molar-refractivity contribution in [1.29, 1.82) is 0 Å². The summed E-state index contributed by atoms with van der Waals surface area (Å²) in [5, 5.41) is 4.89. The summed E-state index contributed by atoms with van der Waals surface area (Å²) in [6.07, 6.45) is 0. The van der Waals surface area contributed by atoms with E-state index in [9.17, 15) is 4.79 Å². The molecule has 0 atom stereocenters. The van der Waals surface area contributed by atoms with E-state index in [1.54, 1.807) is 4.68 Å². The Hall–Kier alpha value is -2.43. The molecule has 3 aromatic rings. The first-order valence-electron chi connectivity index (χ1n) is 6.96. The molecular weight excluding hydrogens is 266 g/mol. The zero-order valence-corrected chi connectivity index (χ0v) is 12.6. The van der Waals surface area contributed by atoms with Crippen LogP contribution in [0, 0.1) is 20.8 Å². The van der Waals surface area contributed by atoms with Gasteiger partial charge in [-0.05, 0) is 51.0 Å². The van der Waals surface area contributed by atoms with Crippen LogP contribution < -0.4 is 5.63 Å². The van der Waals surface area contributed by atoms with Gasteiger partial charge in [-0.15, -0.1) is 0 Å². The fraction of sp³-hybridized carbons (Fsp3) is 0.312. The molecule has 0 saturated heterocycles. The van der Waals surface area contributed by atoms with Gasteiger partial charge in [0.15, 0.2) is 0 Å². The van der Waals surface area contributed by atoms with Crippen LogP contribution in [0.2, 0.25) is 0 Å². The maximum Gasteiger partial charge on any atom is 0.347 e. The van der Waals surface area contributed by atoms with Crippen molar-refractivity contribution in [2.24, 2.45) is 0 Å². The predicted molar refractivity (Wildman–Crippen MR) is 81.4 cm³/mol. The molecule has 108 valence electrons. The third-order valence-electron chi connectivity index (χ3n) is 3.49. The highest BCUT2D eigenvalue weighted by Crippen LogP contribution is 2.22. The van der Waals surface area contributed by atoms with Gasteiger partial charge in [0.25, 0.3) is 0 Å². The van der Waals surface area contributed by atoms with Crippen LogP contribution in [0.1, 0.15) is 23.7 Å². The number of fused-ring (bicyclic) bond motifs is 1. The Labute approximate surface area is 122 Å². The van der Waals surface area contributed by atoms with Crippen LogP contribution in [0.3, 0.4) is 0 Å². The minimum absolute atomic E-state index is 0.321. The van der Waals surface area contributed by atoms with E-state index in [2.05, 4.69) is 10.1 Å². The molecule has 2 heterocycles. The molecule has 0 bridgehead atoms. The summed E-state index contributed by atoms with van der Waals surface area (Å²) in [6, 6.07) is 5.71. The lowest BCUT2D eigenvalue weighted by Gasteiger charge is -2.06. The van der Waals surface area contributed by atoms with Gasteiger partial charge in [-0.25, -0.2) is 9.78 Å². The Bertz CT molecular complexity index is 890. The van der Waals surface area contributed by atoms with Crippen molar-refractivity contribution in [2.75, 3.05) is 0 Å². The van der Waals surface area contributed by atoms with Crippen molar-refractivity contribution >= 4 is 10.9 Å². The Morgan fingerprint density at radius 1 is 1.19 bits per heavy atom. The number of aromatic nitrogens is 3. The van der Waals surface area contributed by atoms with Crippen molar-refractivity contribution in [3.8, 4) is 11.6 Å². The van der Waals surface area contributed by atoms with E-state index in [4.69, 9.17) is 4.42 Å². The molecule has 0 aliphatic heterocycles. The fourth-order valence-electron chi connectivity index (χ4n) is 2.60. The van der Waals surface area contributed by atoms with E-state index in [0.29, 0.717) is 23.3 Å². The maximum atomic E-state index is 12.2. The van der Waals surface area contributed by atoms with Crippen LogP contribution in [-0.2, 0) is 6.54 Å². The van der Waals surface area contributed by atoms with Crippen LogP contribution in [-0.4, -0.2) is 14.8 Å². The summed E-state index contributed by atoms with van der Waals surface area (Å²) in [5.41, 5.74) is 3.93. The monoisotopic (exact) mass is 283 g/mol. The number of aryl methyl sites for hydroxylation is 4. The molecule has 0 N–H and O–H groups in total. The fourth-order valence-corrected chi connectivity index (χ4v) is 2.60. The predicted octanol–water partition coefficient (Wildman–Crippen LogP) is 3.00. The molecule has 0 radical (unpaired) electrons. The molecule has 5 nitrogen and oxygen atoms in total. The summed E-state index contributed by atoms with van der Waals surface area (Å²) < 4.78 is 7.20. The van der Waals surface area contributed by atoms with Crippen molar-refractivity contribution < 1.29 is 4.42 Å². The third kappa shape index (κ3) is 2.24. The van der Waals surface area contributed by atoms with Crippen LogP contribution >= 0.6 is 0 Å². The normalized spacial score (nSPS) is 11.2. The molecular formula is C16H17N3O2. The highest BCUT2D eigenvalue weighted by atomic mass is 16.4. The molecule has 0 fully saturated rings. The maximum absolute atomic E-state index is 12.2. The first-order valence-corrected chi connectivity index (χ1v) is 6.96. The van der Waals surface area contributed by atoms with E-state index in [1.807, 2.05) is 45.9 Å². The zero-order chi connectivity index (χ0) is 15.1. The summed E-state index contributed by atoms with van der Waals surface area (Å²) >= 11 is 0. The topological polar surface area (TPSA) is 60.9 Å². The van der Waals surface area contributed by atoms with Crippen LogP contribution in [0.15, 0.2) is 27.4 Å². The molecule has 0 saturated carbocycles. The molecule has 2 aromatic heterocycles. The first-order chi connectivity index (χ1) is 9.99. The van der Waals surface area contributed by atoms with Crippen molar-refractivity contribution in [3.05, 3.63) is 45.4 Å². The van der Waals surface area contributed by atoms with Crippen LogP contribution in [0.5, 0.6) is 0 Å². The van der Waals surface area contributed by atoms with Gasteiger partial charge in [-0.1, -0.05) is 6.07 Å². The second-order valence-electron chi connectivity index (χ2n) is 5.27. The van der Waals surface area contributed by atoms with E-state index < -0.39 is 0 Å². The molecule has 1 aromatic carbocycles. The third-order valence-corrected chi connectivity index (χ3v) is 3.49. The van der Waals surface area contributed by atoms with E-state index >= 15 is 0 Å². The molecule has 21 heavy (non-hydrogen) atoms. The average Bonchev–Trinajstić information content (AvgIpc) is 2.81. The number of nitrogens with zero attached hydrogens (tertiary/aromatic N) is 3. The van der Waals surface area contributed by atoms with E-state index in [0.717, 1.165) is 22.5 Å². The molecule has 0 spiro atoms. The van der Waals surface area contributed by atoms with Gasteiger partial charge < -0.3 is 4.42 Å². The van der Waals surface area contributed by atoms with Crippen molar-refractivity contribution in [1.82, 2.24) is 14.8 Å². The second-order valence-corrected chi connectivity index (χ2v) is 5.27. The number of rotatable bonds is 2. The molecule has 0 amide bonds. The van der Waals surface area contributed by atoms with Gasteiger partial charge in [0.2, 0.25) is 5.89 Å². The summed E-state index contributed by atoms with van der Waals surface area (Å²) in [5.74, 6) is 0.321. The largest absolute Gasteiger partial charge is 0.401 e. The minimum Gasteiger partial charge on any atom is -0.401 e. The Morgan fingerprint density at radius 2 is 1.95 bits per heavy atom. The van der Waals surface area contributed by atoms with Gasteiger partial charge in [0.05, 0.1) is 16.6 Å². The molecule has 5 heteroatoms. The highest BCUT2D eigenvalue weighted by Gasteiger charge is 2.15. The van der Waals surface area contributed by atoms with Crippen LogP contribution in [0.25, 0.3) is 22.5 Å². The number of hydrogen-bond acceptors (Lipinski definition) is 4. The molecule has 3 rings (SSSR count). The summed E-state index contributed by atoms with van der Waals surface area (Å²) in [4.78, 5) is 16.8. The Balaban J connectivity index is 2.32. The smallest absolute Gasteiger partial charge is 0.347 e. The van der Waals surface area contributed by atoms with Gasteiger partial charge >= 0.3 is 5.63 Å². The standard InChI is InChI=1S/C16H17N3O2/c1-5-19-13(8-11(4)18-19)15-17-14-10(3)6-9(2)7-12(14)16(20)21-15/h6-8H,5H2,1-4H3. The van der Waals surface area contributed by atoms with E-state index in [1.165, 1.54) is 0 Å². The van der Waals surface area contributed by atoms with Gasteiger partial charge in [-0.3, -0.25) is 4.68 Å². The lowest BCUT2D eigenvalue weighted by atomic mass is 10.1. The molecule has 0 aliphatic carbocycles. The lowest BCUT2D eigenvalue weighted by Crippen LogP contribution is -2.07. The molecule has 0 unspecified atom stereocenters. The second kappa shape index (κ2) is 4.84. The van der Waals surface area contributed by atoms with Gasteiger partial charge in [0.1, 0.15) is 5.69 Å². The first kappa shape index (κ1) is 13.5. The minimum atomic E-state index is -0.358. The lowest BCUT2D eigenvalue weighted by molar-refractivity contribution is 0.507. The van der Waals surface area contributed by atoms with Crippen molar-refractivity contribution in [3.63, 3.8) is 0 Å². The Morgan fingerprint density at radius 3 is 2.67 bits per heavy atom. The number of hydrogen-bond donors (Lipinski definition) is 0. The van der Waals surface area contributed by atoms with Gasteiger partial charge in [-0.2, -0.15) is 5.10 Å². The average molecular weight is 283 g/mol. The highest BCUT2D eigenvalue weighted by molar-refractivity contribution is 5.82. The SMILES string of the molecule is CCn1nc(C)cc1-c1nc2c(C)cc(C)cc2c(=O)o1. The Kier molecular flexibility index (Phi) is 3.12. The molecule has 0 aliphatic rings. The summed E-state index contributed by atoms with van der Waals surface area (Å²) in [6.45, 7) is 8.50. The quantitative estimate of drug-likeness (QED) is 0.725. The van der Waals surface area contributed by atoms with Crippen molar-refractivity contribution in [2.45, 2.75) is 34.2 Å². The van der Waals surface area contributed by atoms with Gasteiger partial charge in [0, 0.05) is 6.54 Å². The van der Waals surface area contributed by atoms with E-state index in [-0.39, 0.29) is 5.63 Å². The van der Waals surface area contributed by atoms with Crippen LogP contribution in [0.4, 0.5) is 0 Å². The zero-order valence-electron chi connectivity index (χ0n) is 12.6.